The van der Waals surface area contributed by atoms with E-state index >= 15 is 0 Å². The Morgan fingerprint density at radius 1 is 0.830 bits per heavy atom. The minimum Gasteiger partial charge on any atom is -0.493 e. The van der Waals surface area contributed by atoms with E-state index in [0.29, 0.717) is 39.1 Å². The van der Waals surface area contributed by atoms with Gasteiger partial charge in [-0.2, -0.15) is 0 Å². The van der Waals surface area contributed by atoms with E-state index in [-0.39, 0.29) is 6.67 Å². The van der Waals surface area contributed by atoms with Crippen molar-refractivity contribution in [1.82, 2.24) is 25.0 Å². The number of rotatable bonds is 11. The number of nitrogens with one attached hydrogen (secondary N) is 2. The Hall–Kier alpha value is -5.65. The number of ether oxygens (including phenoxy) is 2. The number of halogens is 2. The maximum atomic E-state index is 12.2. The fourth-order valence-corrected chi connectivity index (χ4v) is 5.16. The molecular weight excluding hydrogens is 606 g/mol. The molecular formula is C34H36F2N8O3. The van der Waals surface area contributed by atoms with E-state index < -0.39 is 0 Å². The summed E-state index contributed by atoms with van der Waals surface area (Å²) in [4.78, 5) is 9.45. The lowest BCUT2D eigenvalue weighted by Gasteiger charge is -2.06. The van der Waals surface area contributed by atoms with Gasteiger partial charge in [-0.15, -0.1) is 5.10 Å². The summed E-state index contributed by atoms with van der Waals surface area (Å²) in [6.45, 7) is 1.49. The zero-order valence-corrected chi connectivity index (χ0v) is 25.8. The Balaban J connectivity index is 0.000000202. The number of aromatic nitrogens is 5. The van der Waals surface area contributed by atoms with Gasteiger partial charge in [0.25, 0.3) is 0 Å². The van der Waals surface area contributed by atoms with E-state index in [1.54, 1.807) is 4.68 Å². The number of alkyl halides is 1. The quantitative estimate of drug-likeness (QED) is 0.0560. The summed E-state index contributed by atoms with van der Waals surface area (Å²) in [5.41, 5.74) is 13.3. The van der Waals surface area contributed by atoms with Gasteiger partial charge in [0.1, 0.15) is 18.1 Å². The molecule has 244 valence electrons. The van der Waals surface area contributed by atoms with Crippen LogP contribution in [0.3, 0.4) is 0 Å². The first-order valence-electron chi connectivity index (χ1n) is 15.6. The van der Waals surface area contributed by atoms with Crippen LogP contribution in [0.2, 0.25) is 0 Å². The third-order valence-corrected chi connectivity index (χ3v) is 7.22. The molecule has 0 atom stereocenters. The first-order valence-corrected chi connectivity index (χ1v) is 14.6. The van der Waals surface area contributed by atoms with Gasteiger partial charge in [-0.1, -0.05) is 58.7 Å². The number of benzene rings is 4. The van der Waals surface area contributed by atoms with Crippen LogP contribution in [0.5, 0.6) is 11.5 Å². The van der Waals surface area contributed by atoms with E-state index in [4.69, 9.17) is 26.2 Å². The average Bonchev–Trinajstić information content (AvgIpc) is 3.86. The first-order chi connectivity index (χ1) is 23.7. The van der Waals surface area contributed by atoms with Crippen molar-refractivity contribution in [3.63, 3.8) is 0 Å². The fourth-order valence-electron chi connectivity index (χ4n) is 5.16. The van der Waals surface area contributed by atoms with Gasteiger partial charge in [-0.25, -0.2) is 9.99 Å². The summed E-state index contributed by atoms with van der Waals surface area (Å²) in [6.07, 6.45) is 2.95. The lowest BCUT2D eigenvalue weighted by Crippen LogP contribution is -2.08. The van der Waals surface area contributed by atoms with Gasteiger partial charge in [0, 0.05) is 57.2 Å². The van der Waals surface area contributed by atoms with Crippen molar-refractivity contribution < 1.29 is 25.1 Å². The van der Waals surface area contributed by atoms with Gasteiger partial charge in [-0.3, -0.25) is 4.39 Å². The molecule has 0 bridgehead atoms. The van der Waals surface area contributed by atoms with Crippen molar-refractivity contribution in [2.45, 2.75) is 26.8 Å². The zero-order chi connectivity index (χ0) is 34.1. The number of para-hydroxylation sites is 2. The van der Waals surface area contributed by atoms with Crippen LogP contribution in [-0.4, -0.2) is 56.7 Å². The number of aromatic amines is 2. The van der Waals surface area contributed by atoms with Crippen molar-refractivity contribution in [3.8, 4) is 11.5 Å². The molecule has 0 aliphatic rings. The smallest absolute Gasteiger partial charge is 0.121 e. The monoisotopic (exact) mass is 643 g/mol. The normalized spacial score (nSPS) is 10.6. The van der Waals surface area contributed by atoms with Crippen LogP contribution < -0.4 is 9.47 Å². The third-order valence-electron chi connectivity index (χ3n) is 7.22. The Morgan fingerprint density at radius 2 is 1.38 bits per heavy atom. The first kappa shape index (κ1) is 32.7. The van der Waals surface area contributed by atoms with Crippen molar-refractivity contribution in [1.29, 1.82) is 0 Å². The highest BCUT2D eigenvalue weighted by Gasteiger charge is 2.07. The molecule has 0 saturated carbocycles. The Kier molecular flexibility index (Phi) is 11.9. The molecule has 7 aromatic rings. The third kappa shape index (κ3) is 8.54. The summed E-state index contributed by atoms with van der Waals surface area (Å²) in [7, 11) is 1.25. The lowest BCUT2D eigenvalue weighted by molar-refractivity contribution is -0.0441. The molecule has 0 aliphatic carbocycles. The largest absolute Gasteiger partial charge is 0.493 e. The van der Waals surface area contributed by atoms with E-state index in [1.807, 2.05) is 60.8 Å². The second kappa shape index (κ2) is 17.2. The van der Waals surface area contributed by atoms with E-state index in [0.717, 1.165) is 39.3 Å². The minimum atomic E-state index is -0.327. The van der Waals surface area contributed by atoms with Gasteiger partial charge in [0.05, 0.1) is 43.1 Å². The Morgan fingerprint density at radius 3 is 1.96 bits per heavy atom. The minimum absolute atomic E-state index is 0.327. The predicted molar refractivity (Wildman–Crippen MR) is 181 cm³/mol. The van der Waals surface area contributed by atoms with Crippen molar-refractivity contribution in [2.75, 3.05) is 26.4 Å². The lowest BCUT2D eigenvalue weighted by atomic mass is 10.1. The Labute approximate surface area is 270 Å². The van der Waals surface area contributed by atoms with Crippen LogP contribution in [0.1, 0.15) is 20.9 Å². The van der Waals surface area contributed by atoms with Gasteiger partial charge < -0.3 is 19.4 Å². The molecule has 0 unspecified atom stereocenters. The highest BCUT2D eigenvalue weighted by molar-refractivity contribution is 6.08. The molecule has 13 heteroatoms. The molecule has 0 aliphatic heterocycles. The molecule has 11 nitrogen and oxygen atoms in total. The molecule has 47 heavy (non-hydrogen) atoms. The molecule has 7 rings (SSSR count). The SMILES string of the molecule is FCCCc1cn(CCOc2ccc3c(c2)[nH]c2ccccc23)nn1.OF.[2H]C.[N-]=[N+]=NCCOc1ccc2c(c1)[nH]c1ccccc12. The van der Waals surface area contributed by atoms with Gasteiger partial charge in [-0.05, 0) is 54.8 Å². The number of fused-ring (bicyclic) bond motifs is 6. The fraction of sp³-hybridized carbons (Fsp3) is 0.235. The molecule has 0 radical (unpaired) electrons. The van der Waals surface area contributed by atoms with E-state index in [1.165, 1.54) is 28.9 Å². The summed E-state index contributed by atoms with van der Waals surface area (Å²) in [6, 6.07) is 28.4. The van der Waals surface area contributed by atoms with Crippen LogP contribution in [0.15, 0.2) is 96.2 Å². The second-order valence-electron chi connectivity index (χ2n) is 10.2. The maximum absolute atomic E-state index is 12.2. The van der Waals surface area contributed by atoms with Crippen LogP contribution in [0.4, 0.5) is 8.92 Å². The van der Waals surface area contributed by atoms with Crippen molar-refractivity contribution in [2.24, 2.45) is 5.11 Å². The predicted octanol–water partition coefficient (Wildman–Crippen LogP) is 8.40. The average molecular weight is 644 g/mol. The number of hydrogen-bond acceptors (Lipinski definition) is 6. The van der Waals surface area contributed by atoms with Gasteiger partial charge in [0.2, 0.25) is 0 Å². The Bertz CT molecular complexity index is 2070. The molecule has 0 saturated heterocycles. The molecule has 3 aromatic heterocycles. The van der Waals surface area contributed by atoms with E-state index in [2.05, 4.69) is 60.6 Å². The molecule has 4 aromatic carbocycles. The number of azide groups is 1. The van der Waals surface area contributed by atoms with Crippen LogP contribution in [-0.2, 0) is 13.0 Å². The summed E-state index contributed by atoms with van der Waals surface area (Å²) >= 11 is 0. The van der Waals surface area contributed by atoms with Crippen molar-refractivity contribution >= 4 is 43.6 Å². The molecule has 0 amide bonds. The molecule has 3 heterocycles. The van der Waals surface area contributed by atoms with Crippen molar-refractivity contribution in [3.05, 3.63) is 107 Å². The van der Waals surface area contributed by atoms with Crippen LogP contribution in [0.25, 0.3) is 54.1 Å². The summed E-state index contributed by atoms with van der Waals surface area (Å²) in [5, 5.41) is 21.8. The van der Waals surface area contributed by atoms with Gasteiger partial charge >= 0.3 is 0 Å². The maximum Gasteiger partial charge on any atom is 0.121 e. The summed E-state index contributed by atoms with van der Waals surface area (Å²) < 4.78 is 39.5. The molecule has 0 fully saturated rings. The van der Waals surface area contributed by atoms with Crippen LogP contribution >= 0.6 is 0 Å². The molecule has 3 N–H and O–H groups in total. The highest BCUT2D eigenvalue weighted by Crippen LogP contribution is 2.29. The number of nitrogens with zero attached hydrogens (tertiary/aromatic N) is 6. The highest BCUT2D eigenvalue weighted by atomic mass is 19.3. The second-order valence-corrected chi connectivity index (χ2v) is 10.2. The number of aryl methyl sites for hydroxylation is 1. The zero-order valence-electron chi connectivity index (χ0n) is 26.8. The van der Waals surface area contributed by atoms with E-state index in [9.17, 15) is 4.39 Å². The topological polar surface area (TPSA) is 150 Å². The molecule has 0 spiro atoms. The number of hydrogen-bond donors (Lipinski definition) is 3. The van der Waals surface area contributed by atoms with Crippen LogP contribution in [0, 0.1) is 0 Å². The summed E-state index contributed by atoms with van der Waals surface area (Å²) in [5.74, 6) is 1.59. The van der Waals surface area contributed by atoms with Gasteiger partial charge in [0.15, 0.2) is 0 Å². The number of H-pyrrole nitrogens is 2. The standard InChI is InChI=1S/C19H19FN4O.C14H12N4O.CH4.FHO/c20-9-3-4-14-13-24(23-22-14)10-11-25-15-7-8-17-16-5-1-2-6-18(16)21-19(17)12-15;15-18-16-7-8-19-10-5-6-12-11-3-1-2-4-13(11)17-14(12)9-10;;1-2/h1-2,5-8,12-13,21H,3-4,9-11H2;1-6,9,17H,7-8H2;1H4;2H/i;;1D;.